The first-order valence-corrected chi connectivity index (χ1v) is 6.39. The van der Waals surface area contributed by atoms with Gasteiger partial charge < -0.3 is 15.4 Å². The fourth-order valence-corrected chi connectivity index (χ4v) is 1.65. The number of benzene rings is 1. The molecule has 0 unspecified atom stereocenters. The lowest BCUT2D eigenvalue weighted by atomic mass is 10.2. The predicted octanol–water partition coefficient (Wildman–Crippen LogP) is 2.58. The van der Waals surface area contributed by atoms with Gasteiger partial charge >= 0.3 is 6.09 Å². The summed E-state index contributed by atoms with van der Waals surface area (Å²) < 4.78 is 18.1. The van der Waals surface area contributed by atoms with E-state index in [4.69, 9.17) is 0 Å². The highest BCUT2D eigenvalue weighted by Gasteiger charge is 2.10. The lowest BCUT2D eigenvalue weighted by Gasteiger charge is -2.10. The largest absolute Gasteiger partial charge is 0.450 e. The molecule has 0 aliphatic carbocycles. The number of carbonyl (C=O) groups is 2. The summed E-state index contributed by atoms with van der Waals surface area (Å²) >= 11 is 3.04. The lowest BCUT2D eigenvalue weighted by molar-refractivity contribution is -0.115. The second-order valence-electron chi connectivity index (χ2n) is 3.70. The smallest absolute Gasteiger partial charge is 0.407 e. The Kier molecular flexibility index (Phi) is 5.75. The van der Waals surface area contributed by atoms with Crippen molar-refractivity contribution in [3.05, 3.63) is 28.0 Å². The highest BCUT2D eigenvalue weighted by molar-refractivity contribution is 9.10. The van der Waals surface area contributed by atoms with E-state index in [-0.39, 0.29) is 17.6 Å². The second kappa shape index (κ2) is 7.08. The van der Waals surface area contributed by atoms with Crippen molar-refractivity contribution in [3.8, 4) is 0 Å². The lowest BCUT2D eigenvalue weighted by Crippen LogP contribution is -2.33. The molecule has 104 valence electrons. The van der Waals surface area contributed by atoms with Crippen LogP contribution < -0.4 is 10.6 Å². The van der Waals surface area contributed by atoms with Crippen molar-refractivity contribution in [1.29, 1.82) is 0 Å². The zero-order valence-corrected chi connectivity index (χ0v) is 12.1. The quantitative estimate of drug-likeness (QED) is 0.890. The molecule has 19 heavy (non-hydrogen) atoms. The van der Waals surface area contributed by atoms with Crippen LogP contribution >= 0.6 is 15.9 Å². The molecule has 0 bridgehead atoms. The van der Waals surface area contributed by atoms with Gasteiger partial charge in [0.2, 0.25) is 5.91 Å². The van der Waals surface area contributed by atoms with Gasteiger partial charge in [-0.3, -0.25) is 4.79 Å². The van der Waals surface area contributed by atoms with Gasteiger partial charge in [-0.25, -0.2) is 9.18 Å². The number of amides is 2. The van der Waals surface area contributed by atoms with Crippen LogP contribution in [0.25, 0.3) is 0 Å². The summed E-state index contributed by atoms with van der Waals surface area (Å²) in [5, 5.41) is 4.86. The molecule has 1 aromatic rings. The molecule has 0 aliphatic heterocycles. The van der Waals surface area contributed by atoms with E-state index in [2.05, 4.69) is 31.3 Å². The summed E-state index contributed by atoms with van der Waals surface area (Å²) in [4.78, 5) is 22.6. The normalized spacial score (nSPS) is 9.89. The number of alkyl carbamates (subject to hydrolysis) is 1. The zero-order chi connectivity index (χ0) is 14.4. The van der Waals surface area contributed by atoms with E-state index in [1.165, 1.54) is 12.1 Å². The minimum Gasteiger partial charge on any atom is -0.450 e. The maximum atomic E-state index is 13.2. The molecule has 7 heteroatoms. The van der Waals surface area contributed by atoms with Gasteiger partial charge in [0, 0.05) is 5.69 Å². The van der Waals surface area contributed by atoms with Gasteiger partial charge in [-0.2, -0.15) is 0 Å². The maximum Gasteiger partial charge on any atom is 0.407 e. The number of hydrogen-bond acceptors (Lipinski definition) is 3. The molecule has 2 amide bonds. The first-order valence-electron chi connectivity index (χ1n) is 5.60. The Bertz CT molecular complexity index is 494. The number of halogens is 2. The minimum absolute atomic E-state index is 0.215. The molecule has 0 spiro atoms. The van der Waals surface area contributed by atoms with Crippen LogP contribution in [0.4, 0.5) is 14.9 Å². The summed E-state index contributed by atoms with van der Waals surface area (Å²) in [6, 6.07) is 2.77. The van der Waals surface area contributed by atoms with E-state index in [1.807, 2.05) is 0 Å². The van der Waals surface area contributed by atoms with Gasteiger partial charge in [0.1, 0.15) is 12.4 Å². The van der Waals surface area contributed by atoms with Crippen molar-refractivity contribution in [2.75, 3.05) is 18.5 Å². The Morgan fingerprint density at radius 1 is 1.42 bits per heavy atom. The number of hydrogen-bond donors (Lipinski definition) is 2. The van der Waals surface area contributed by atoms with Crippen LogP contribution in [0, 0.1) is 12.7 Å². The van der Waals surface area contributed by atoms with Crippen LogP contribution in [0.5, 0.6) is 0 Å². The Morgan fingerprint density at radius 2 is 2.11 bits per heavy atom. The van der Waals surface area contributed by atoms with Crippen molar-refractivity contribution >= 4 is 33.6 Å². The summed E-state index contributed by atoms with van der Waals surface area (Å²) in [5.41, 5.74) is 1.06. The molecular formula is C12H14BrFN2O3. The fourth-order valence-electron chi connectivity index (χ4n) is 1.31. The molecule has 0 heterocycles. The monoisotopic (exact) mass is 332 g/mol. The molecule has 0 fully saturated rings. The number of nitrogens with one attached hydrogen (secondary N) is 2. The molecule has 0 atom stereocenters. The van der Waals surface area contributed by atoms with Crippen LogP contribution in [-0.4, -0.2) is 25.2 Å². The third-order valence-corrected chi connectivity index (χ3v) is 2.82. The van der Waals surface area contributed by atoms with E-state index in [0.29, 0.717) is 11.3 Å². The topological polar surface area (TPSA) is 67.4 Å². The second-order valence-corrected chi connectivity index (χ2v) is 4.56. The standard InChI is InChI=1S/C12H14BrFN2O3/c1-3-19-12(18)15-6-11(17)16-10-5-8(13)9(14)4-7(10)2/h4-5H,3,6H2,1-2H3,(H,15,18)(H,16,17). The van der Waals surface area contributed by atoms with Crippen molar-refractivity contribution in [2.24, 2.45) is 0 Å². The molecular weight excluding hydrogens is 319 g/mol. The number of rotatable bonds is 4. The van der Waals surface area contributed by atoms with Gasteiger partial charge in [-0.15, -0.1) is 0 Å². The maximum absolute atomic E-state index is 13.2. The number of aryl methyl sites for hydroxylation is 1. The van der Waals surface area contributed by atoms with Crippen LogP contribution in [-0.2, 0) is 9.53 Å². The average molecular weight is 333 g/mol. The Labute approximate surface area is 118 Å². The number of ether oxygens (including phenoxy) is 1. The first kappa shape index (κ1) is 15.4. The van der Waals surface area contributed by atoms with Crippen molar-refractivity contribution < 1.29 is 18.7 Å². The third kappa shape index (κ3) is 4.86. The predicted molar refractivity (Wildman–Crippen MR) is 72.5 cm³/mol. The molecule has 0 saturated carbocycles. The first-order chi connectivity index (χ1) is 8.93. The van der Waals surface area contributed by atoms with Crippen LogP contribution in [0.2, 0.25) is 0 Å². The molecule has 0 saturated heterocycles. The molecule has 2 N–H and O–H groups in total. The highest BCUT2D eigenvalue weighted by atomic mass is 79.9. The van der Waals surface area contributed by atoms with E-state index in [1.54, 1.807) is 13.8 Å². The molecule has 0 aliphatic rings. The number of carbonyl (C=O) groups excluding carboxylic acids is 2. The van der Waals surface area contributed by atoms with Gasteiger partial charge in [0.25, 0.3) is 0 Å². The molecule has 1 rings (SSSR count). The zero-order valence-electron chi connectivity index (χ0n) is 10.5. The van der Waals surface area contributed by atoms with E-state index in [0.717, 1.165) is 0 Å². The molecule has 0 aromatic heterocycles. The summed E-state index contributed by atoms with van der Waals surface area (Å²) in [6.45, 7) is 3.35. The SMILES string of the molecule is CCOC(=O)NCC(=O)Nc1cc(Br)c(F)cc1C. The van der Waals surface area contributed by atoms with Crippen molar-refractivity contribution in [2.45, 2.75) is 13.8 Å². The van der Waals surface area contributed by atoms with E-state index >= 15 is 0 Å². The van der Waals surface area contributed by atoms with Crippen LogP contribution in [0.15, 0.2) is 16.6 Å². The van der Waals surface area contributed by atoms with Gasteiger partial charge in [0.05, 0.1) is 11.1 Å². The number of anilines is 1. The van der Waals surface area contributed by atoms with Crippen molar-refractivity contribution in [1.82, 2.24) is 5.32 Å². The Balaban J connectivity index is 2.58. The van der Waals surface area contributed by atoms with Gasteiger partial charge in [-0.05, 0) is 47.5 Å². The van der Waals surface area contributed by atoms with E-state index < -0.39 is 17.8 Å². The highest BCUT2D eigenvalue weighted by Crippen LogP contribution is 2.24. The average Bonchev–Trinajstić information content (AvgIpc) is 2.34. The van der Waals surface area contributed by atoms with Crippen LogP contribution in [0.3, 0.4) is 0 Å². The minimum atomic E-state index is -0.658. The van der Waals surface area contributed by atoms with Gasteiger partial charge in [0.15, 0.2) is 0 Å². The van der Waals surface area contributed by atoms with E-state index in [9.17, 15) is 14.0 Å². The Morgan fingerprint density at radius 3 is 2.74 bits per heavy atom. The summed E-state index contributed by atoms with van der Waals surface area (Å²) in [5.74, 6) is -0.824. The fraction of sp³-hybridized carbons (Fsp3) is 0.333. The Hall–Kier alpha value is -1.63. The molecule has 5 nitrogen and oxygen atoms in total. The van der Waals surface area contributed by atoms with Crippen molar-refractivity contribution in [3.63, 3.8) is 0 Å². The molecule has 0 radical (unpaired) electrons. The third-order valence-electron chi connectivity index (χ3n) is 2.21. The summed E-state index contributed by atoms with van der Waals surface area (Å²) in [7, 11) is 0. The van der Waals surface area contributed by atoms with Crippen LogP contribution in [0.1, 0.15) is 12.5 Å². The van der Waals surface area contributed by atoms with Gasteiger partial charge in [-0.1, -0.05) is 0 Å². The molecule has 1 aromatic carbocycles. The summed E-state index contributed by atoms with van der Waals surface area (Å²) in [6.07, 6.45) is -0.658.